The van der Waals surface area contributed by atoms with Gasteiger partial charge in [0.05, 0.1) is 6.54 Å². The van der Waals surface area contributed by atoms with Crippen LogP contribution in [0.25, 0.3) is 0 Å². The fourth-order valence-corrected chi connectivity index (χ4v) is 3.12. The number of carbonyl (C=O) groups is 1. The van der Waals surface area contributed by atoms with Gasteiger partial charge in [-0.25, -0.2) is 0 Å². The molecule has 2 aliphatic rings. The molecule has 0 bridgehead atoms. The van der Waals surface area contributed by atoms with Crippen molar-refractivity contribution in [2.45, 2.75) is 44.9 Å². The molecule has 1 aromatic carbocycles. The van der Waals surface area contributed by atoms with E-state index >= 15 is 0 Å². The van der Waals surface area contributed by atoms with Crippen molar-refractivity contribution in [2.75, 3.05) is 0 Å². The van der Waals surface area contributed by atoms with Crippen molar-refractivity contribution < 1.29 is 9.63 Å². The maximum atomic E-state index is 12.3. The minimum absolute atomic E-state index is 0.187. The molecule has 0 saturated carbocycles. The van der Waals surface area contributed by atoms with Crippen LogP contribution >= 0.6 is 0 Å². The molecule has 124 valence electrons. The number of aryl methyl sites for hydroxylation is 1. The average Bonchev–Trinajstić information content (AvgIpc) is 3.28. The molecular weight excluding hydrogens is 306 g/mol. The number of amides is 1. The normalized spacial score (nSPS) is 19.3. The lowest BCUT2D eigenvalue weighted by atomic mass is 10.0. The Morgan fingerprint density at radius 3 is 3.00 bits per heavy atom. The second kappa shape index (κ2) is 6.43. The predicted molar refractivity (Wildman–Crippen MR) is 87.1 cm³/mol. The van der Waals surface area contributed by atoms with Gasteiger partial charge in [-0.1, -0.05) is 35.5 Å². The molecule has 1 atom stereocenters. The summed E-state index contributed by atoms with van der Waals surface area (Å²) in [5.74, 6) is 1.61. The quantitative estimate of drug-likeness (QED) is 0.928. The van der Waals surface area contributed by atoms with E-state index in [9.17, 15) is 4.79 Å². The molecule has 0 aliphatic carbocycles. The van der Waals surface area contributed by atoms with Crippen molar-refractivity contribution in [2.24, 2.45) is 5.16 Å². The van der Waals surface area contributed by atoms with Crippen LogP contribution in [-0.4, -0.2) is 26.4 Å². The predicted octanol–water partition coefficient (Wildman–Crippen LogP) is 1.75. The van der Waals surface area contributed by atoms with E-state index in [4.69, 9.17) is 4.84 Å². The van der Waals surface area contributed by atoms with Crippen LogP contribution in [0, 0.1) is 0 Å². The van der Waals surface area contributed by atoms with Crippen LogP contribution in [0.1, 0.15) is 42.6 Å². The van der Waals surface area contributed by atoms with Gasteiger partial charge in [0.15, 0.2) is 11.9 Å². The van der Waals surface area contributed by atoms with Crippen LogP contribution in [0.3, 0.4) is 0 Å². The number of hydrogen-bond donors (Lipinski definition) is 1. The summed E-state index contributed by atoms with van der Waals surface area (Å²) in [6.07, 6.45) is 3.53. The Bertz CT molecular complexity index is 769. The first kappa shape index (κ1) is 14.9. The van der Waals surface area contributed by atoms with Crippen LogP contribution in [-0.2, 0) is 29.1 Å². The van der Waals surface area contributed by atoms with Gasteiger partial charge < -0.3 is 14.7 Å². The third-order valence-electron chi connectivity index (χ3n) is 4.45. The molecule has 1 N–H and O–H groups in total. The molecule has 0 fully saturated rings. The average molecular weight is 325 g/mol. The number of oxime groups is 1. The molecule has 2 aromatic rings. The highest BCUT2D eigenvalue weighted by atomic mass is 16.6. The Kier molecular flexibility index (Phi) is 3.98. The van der Waals surface area contributed by atoms with Crippen LogP contribution in [0.15, 0.2) is 35.5 Å². The van der Waals surface area contributed by atoms with Crippen molar-refractivity contribution >= 4 is 11.6 Å². The molecule has 1 amide bonds. The van der Waals surface area contributed by atoms with E-state index in [1.165, 1.54) is 0 Å². The number of nitrogens with zero attached hydrogens (tertiary/aromatic N) is 4. The second-order valence-corrected chi connectivity index (χ2v) is 6.07. The molecule has 1 unspecified atom stereocenters. The molecule has 2 aliphatic heterocycles. The summed E-state index contributed by atoms with van der Waals surface area (Å²) in [6, 6.07) is 9.80. The maximum absolute atomic E-state index is 12.3. The van der Waals surface area contributed by atoms with Crippen LogP contribution in [0.2, 0.25) is 0 Å². The summed E-state index contributed by atoms with van der Waals surface area (Å²) in [5, 5.41) is 15.2. The largest absolute Gasteiger partial charge is 0.387 e. The van der Waals surface area contributed by atoms with E-state index in [2.05, 4.69) is 25.2 Å². The first-order chi connectivity index (χ1) is 11.8. The lowest BCUT2D eigenvalue weighted by molar-refractivity contribution is -0.115. The minimum atomic E-state index is -0.207. The van der Waals surface area contributed by atoms with Crippen molar-refractivity contribution in [1.82, 2.24) is 20.1 Å². The fourth-order valence-electron chi connectivity index (χ4n) is 3.12. The summed E-state index contributed by atoms with van der Waals surface area (Å²) in [6.45, 7) is 1.29. The maximum Gasteiger partial charge on any atom is 0.269 e. The first-order valence-electron chi connectivity index (χ1n) is 8.28. The lowest BCUT2D eigenvalue weighted by Crippen LogP contribution is -2.31. The van der Waals surface area contributed by atoms with Gasteiger partial charge in [-0.05, 0) is 18.4 Å². The van der Waals surface area contributed by atoms with Crippen molar-refractivity contribution in [3.63, 3.8) is 0 Å². The van der Waals surface area contributed by atoms with Crippen molar-refractivity contribution in [3.05, 3.63) is 47.5 Å². The minimum Gasteiger partial charge on any atom is -0.387 e. The Balaban J connectivity index is 1.35. The SMILES string of the molecule is O=C(NCc1nnc2n1CCCC2)C1=NOC(c2ccccc2)C1. The van der Waals surface area contributed by atoms with Gasteiger partial charge in [-0.3, -0.25) is 4.79 Å². The number of hydrogen-bond acceptors (Lipinski definition) is 5. The zero-order valence-corrected chi connectivity index (χ0v) is 13.3. The van der Waals surface area contributed by atoms with Gasteiger partial charge in [0.1, 0.15) is 11.5 Å². The number of rotatable bonds is 4. The summed E-state index contributed by atoms with van der Waals surface area (Å²) in [4.78, 5) is 17.7. The van der Waals surface area contributed by atoms with Crippen molar-refractivity contribution in [3.8, 4) is 0 Å². The third kappa shape index (κ3) is 2.89. The summed E-state index contributed by atoms with van der Waals surface area (Å²) >= 11 is 0. The topological polar surface area (TPSA) is 81.4 Å². The van der Waals surface area contributed by atoms with E-state index in [1.54, 1.807) is 0 Å². The van der Waals surface area contributed by atoms with Gasteiger partial charge in [0, 0.05) is 19.4 Å². The van der Waals surface area contributed by atoms with Crippen LogP contribution in [0.5, 0.6) is 0 Å². The number of benzene rings is 1. The Labute approximate surface area is 139 Å². The van der Waals surface area contributed by atoms with Gasteiger partial charge in [-0.2, -0.15) is 0 Å². The standard InChI is InChI=1S/C17H19N5O2/c23-17(13-10-14(24-21-13)12-6-2-1-3-7-12)18-11-16-20-19-15-8-4-5-9-22(15)16/h1-3,6-7,14H,4-5,8-11H2,(H,18,23). The highest BCUT2D eigenvalue weighted by molar-refractivity contribution is 6.39. The molecule has 1 aromatic heterocycles. The number of fused-ring (bicyclic) bond motifs is 1. The summed E-state index contributed by atoms with van der Waals surface area (Å²) in [5.41, 5.74) is 1.44. The fraction of sp³-hybridized carbons (Fsp3) is 0.412. The van der Waals surface area contributed by atoms with Crippen LogP contribution < -0.4 is 5.32 Å². The Morgan fingerprint density at radius 1 is 1.25 bits per heavy atom. The van der Waals surface area contributed by atoms with Gasteiger partial charge in [-0.15, -0.1) is 10.2 Å². The molecule has 0 saturated heterocycles. The van der Waals surface area contributed by atoms with E-state index in [0.29, 0.717) is 18.7 Å². The zero-order chi connectivity index (χ0) is 16.4. The molecule has 4 rings (SSSR count). The third-order valence-corrected chi connectivity index (χ3v) is 4.45. The second-order valence-electron chi connectivity index (χ2n) is 6.07. The van der Waals surface area contributed by atoms with Crippen molar-refractivity contribution in [1.29, 1.82) is 0 Å². The van der Waals surface area contributed by atoms with Crippen LogP contribution in [0.4, 0.5) is 0 Å². The van der Waals surface area contributed by atoms with Gasteiger partial charge in [0.25, 0.3) is 5.91 Å². The molecule has 0 spiro atoms. The number of aromatic nitrogens is 3. The summed E-state index contributed by atoms with van der Waals surface area (Å²) in [7, 11) is 0. The summed E-state index contributed by atoms with van der Waals surface area (Å²) < 4.78 is 2.10. The van der Waals surface area contributed by atoms with E-state index in [0.717, 1.165) is 43.0 Å². The smallest absolute Gasteiger partial charge is 0.269 e. The number of nitrogens with one attached hydrogen (secondary N) is 1. The number of carbonyl (C=O) groups excluding carboxylic acids is 1. The van der Waals surface area contributed by atoms with E-state index in [1.807, 2.05) is 30.3 Å². The zero-order valence-electron chi connectivity index (χ0n) is 13.3. The monoisotopic (exact) mass is 325 g/mol. The highest BCUT2D eigenvalue weighted by Crippen LogP contribution is 2.26. The highest BCUT2D eigenvalue weighted by Gasteiger charge is 2.27. The Hall–Kier alpha value is -2.70. The first-order valence-corrected chi connectivity index (χ1v) is 8.28. The molecular formula is C17H19N5O2. The van der Waals surface area contributed by atoms with E-state index < -0.39 is 0 Å². The molecule has 3 heterocycles. The molecule has 7 heteroatoms. The molecule has 24 heavy (non-hydrogen) atoms. The van der Waals surface area contributed by atoms with E-state index in [-0.39, 0.29) is 12.0 Å². The molecule has 0 radical (unpaired) electrons. The lowest BCUT2D eigenvalue weighted by Gasteiger charge is -2.14. The van der Waals surface area contributed by atoms with Gasteiger partial charge in [0.2, 0.25) is 0 Å². The Morgan fingerprint density at radius 2 is 2.12 bits per heavy atom. The van der Waals surface area contributed by atoms with Gasteiger partial charge >= 0.3 is 0 Å². The molecule has 7 nitrogen and oxygen atoms in total.